The highest BCUT2D eigenvalue weighted by molar-refractivity contribution is 6.06. The number of nitrogens with zero attached hydrogens (tertiary/aromatic N) is 4. The molecule has 0 atom stereocenters. The van der Waals surface area contributed by atoms with Crippen molar-refractivity contribution in [2.45, 2.75) is 13.0 Å². The molecule has 1 aromatic carbocycles. The number of anilines is 2. The lowest BCUT2D eigenvalue weighted by Crippen LogP contribution is -2.40. The number of aryl methyl sites for hydroxylation is 2. The third-order valence-electron chi connectivity index (χ3n) is 4.81. The van der Waals surface area contributed by atoms with Crippen molar-refractivity contribution in [3.8, 4) is 11.4 Å². The molecular weight excluding hydrogens is 358 g/mol. The first-order valence-corrected chi connectivity index (χ1v) is 9.04. The monoisotopic (exact) mass is 379 g/mol. The number of carbonyl (C=O) groups is 2. The van der Waals surface area contributed by atoms with Gasteiger partial charge < -0.3 is 14.6 Å². The molecule has 2 aromatic heterocycles. The molecule has 0 unspecified atom stereocenters. The number of fused-ring (bicyclic) bond motifs is 1. The van der Waals surface area contributed by atoms with Crippen molar-refractivity contribution in [1.29, 1.82) is 0 Å². The van der Waals surface area contributed by atoms with E-state index in [9.17, 15) is 9.59 Å². The molecule has 3 heterocycles. The van der Waals surface area contributed by atoms with Crippen LogP contribution >= 0.6 is 0 Å². The van der Waals surface area contributed by atoms with Crippen LogP contribution in [-0.2, 0) is 18.3 Å². The van der Waals surface area contributed by atoms with E-state index in [0.29, 0.717) is 17.8 Å². The number of para-hydroxylation sites is 1. The van der Waals surface area contributed by atoms with Gasteiger partial charge >= 0.3 is 12.0 Å². The molecule has 0 fully saturated rings. The quantitative estimate of drug-likeness (QED) is 0.709. The van der Waals surface area contributed by atoms with Crippen molar-refractivity contribution >= 4 is 23.5 Å². The standard InChI is InChI=1S/C20H21N5O3/c1-23-10-5-9-17(23)16-13-18-24(11-6-12-25(18)22-16)20(27)21-15-8-4-3-7-14(15)19(26)28-2/h3-5,7-10,13H,6,11-12H2,1-2H3,(H,21,27). The summed E-state index contributed by atoms with van der Waals surface area (Å²) in [5.74, 6) is 0.237. The Bertz CT molecular complexity index is 1040. The van der Waals surface area contributed by atoms with E-state index in [1.54, 1.807) is 29.2 Å². The number of esters is 1. The number of carbonyl (C=O) groups excluding carboxylic acids is 2. The first-order valence-electron chi connectivity index (χ1n) is 9.04. The van der Waals surface area contributed by atoms with Crippen molar-refractivity contribution in [3.63, 3.8) is 0 Å². The van der Waals surface area contributed by atoms with Crippen LogP contribution in [0.4, 0.5) is 16.3 Å². The van der Waals surface area contributed by atoms with Crippen LogP contribution in [0.25, 0.3) is 11.4 Å². The number of ether oxygens (including phenoxy) is 1. The molecular formula is C20H21N5O3. The summed E-state index contributed by atoms with van der Waals surface area (Å²) < 4.78 is 8.63. The zero-order valence-corrected chi connectivity index (χ0v) is 15.8. The number of rotatable bonds is 3. The van der Waals surface area contributed by atoms with Gasteiger partial charge in [-0.1, -0.05) is 12.1 Å². The van der Waals surface area contributed by atoms with Crippen molar-refractivity contribution in [2.24, 2.45) is 7.05 Å². The van der Waals surface area contributed by atoms with E-state index in [4.69, 9.17) is 4.74 Å². The number of amides is 2. The molecule has 1 aliphatic rings. The second-order valence-corrected chi connectivity index (χ2v) is 6.59. The average molecular weight is 379 g/mol. The molecule has 8 heteroatoms. The number of hydrogen-bond acceptors (Lipinski definition) is 4. The molecule has 0 saturated heterocycles. The van der Waals surface area contributed by atoms with Gasteiger partial charge in [-0.05, 0) is 30.7 Å². The summed E-state index contributed by atoms with van der Waals surface area (Å²) in [5.41, 5.74) is 2.53. The van der Waals surface area contributed by atoms with Crippen LogP contribution in [0.2, 0.25) is 0 Å². The van der Waals surface area contributed by atoms with E-state index in [1.807, 2.05) is 40.7 Å². The first kappa shape index (κ1) is 17.8. The van der Waals surface area contributed by atoms with Crippen molar-refractivity contribution in [2.75, 3.05) is 23.9 Å². The number of urea groups is 1. The Balaban J connectivity index is 1.62. The van der Waals surface area contributed by atoms with Crippen LogP contribution in [-0.4, -0.2) is 40.0 Å². The normalized spacial score (nSPS) is 13.1. The molecule has 3 aromatic rings. The average Bonchev–Trinajstić information content (AvgIpc) is 3.33. The maximum absolute atomic E-state index is 13.0. The largest absolute Gasteiger partial charge is 0.465 e. The predicted molar refractivity (Wildman–Crippen MR) is 105 cm³/mol. The third-order valence-corrected chi connectivity index (χ3v) is 4.81. The van der Waals surface area contributed by atoms with E-state index < -0.39 is 5.97 Å². The van der Waals surface area contributed by atoms with Crippen LogP contribution in [0, 0.1) is 0 Å². The van der Waals surface area contributed by atoms with Crippen LogP contribution in [0.1, 0.15) is 16.8 Å². The van der Waals surface area contributed by atoms with Gasteiger partial charge in [0.25, 0.3) is 0 Å². The second-order valence-electron chi connectivity index (χ2n) is 6.59. The van der Waals surface area contributed by atoms with E-state index in [1.165, 1.54) is 7.11 Å². The minimum absolute atomic E-state index is 0.310. The van der Waals surface area contributed by atoms with Gasteiger partial charge in [-0.15, -0.1) is 0 Å². The Labute approximate surface area is 162 Å². The van der Waals surface area contributed by atoms with Crippen molar-refractivity contribution in [3.05, 3.63) is 54.2 Å². The van der Waals surface area contributed by atoms with Gasteiger partial charge in [-0.25, -0.2) is 14.3 Å². The SMILES string of the molecule is COC(=O)c1ccccc1NC(=O)N1CCCn2nc(-c3cccn3C)cc21. The summed E-state index contributed by atoms with van der Waals surface area (Å²) in [5, 5.41) is 7.48. The highest BCUT2D eigenvalue weighted by atomic mass is 16.5. The van der Waals surface area contributed by atoms with Crippen LogP contribution < -0.4 is 10.2 Å². The number of nitrogens with one attached hydrogen (secondary N) is 1. The highest BCUT2D eigenvalue weighted by Crippen LogP contribution is 2.28. The van der Waals surface area contributed by atoms with Gasteiger partial charge in [-0.2, -0.15) is 5.10 Å². The molecule has 2 amide bonds. The number of methoxy groups -OCH3 is 1. The first-order chi connectivity index (χ1) is 13.6. The number of aromatic nitrogens is 3. The fourth-order valence-electron chi connectivity index (χ4n) is 3.40. The van der Waals surface area contributed by atoms with Crippen LogP contribution in [0.3, 0.4) is 0 Å². The maximum Gasteiger partial charge on any atom is 0.339 e. The molecule has 8 nitrogen and oxygen atoms in total. The zero-order valence-electron chi connectivity index (χ0n) is 15.8. The maximum atomic E-state index is 13.0. The minimum atomic E-state index is -0.495. The summed E-state index contributed by atoms with van der Waals surface area (Å²) in [6.45, 7) is 1.33. The third kappa shape index (κ3) is 3.13. The number of hydrogen-bond donors (Lipinski definition) is 1. The topological polar surface area (TPSA) is 81.4 Å². The van der Waals surface area contributed by atoms with Crippen LogP contribution in [0.5, 0.6) is 0 Å². The number of benzene rings is 1. The lowest BCUT2D eigenvalue weighted by molar-refractivity contribution is 0.0602. The lowest BCUT2D eigenvalue weighted by Gasteiger charge is -2.27. The fourth-order valence-corrected chi connectivity index (χ4v) is 3.40. The van der Waals surface area contributed by atoms with Gasteiger partial charge in [0.2, 0.25) is 0 Å². The molecule has 1 N–H and O–H groups in total. The smallest absolute Gasteiger partial charge is 0.339 e. The Hall–Kier alpha value is -3.55. The molecule has 1 aliphatic heterocycles. The molecule has 4 rings (SSSR count). The summed E-state index contributed by atoms with van der Waals surface area (Å²) >= 11 is 0. The summed E-state index contributed by atoms with van der Waals surface area (Å²) in [4.78, 5) is 26.6. The van der Waals surface area contributed by atoms with E-state index in [-0.39, 0.29) is 6.03 Å². The van der Waals surface area contributed by atoms with Crippen LogP contribution in [0.15, 0.2) is 48.7 Å². The molecule has 0 aliphatic carbocycles. The Morgan fingerprint density at radius 2 is 1.96 bits per heavy atom. The van der Waals surface area contributed by atoms with Crippen molar-refractivity contribution < 1.29 is 14.3 Å². The predicted octanol–water partition coefficient (Wildman–Crippen LogP) is 3.12. The van der Waals surface area contributed by atoms with Gasteiger partial charge in [-0.3, -0.25) is 4.90 Å². The minimum Gasteiger partial charge on any atom is -0.465 e. The van der Waals surface area contributed by atoms with Gasteiger partial charge in [0.15, 0.2) is 0 Å². The molecule has 0 saturated carbocycles. The second kappa shape index (κ2) is 7.22. The molecule has 28 heavy (non-hydrogen) atoms. The summed E-state index contributed by atoms with van der Waals surface area (Å²) in [7, 11) is 3.27. The molecule has 0 spiro atoms. The molecule has 0 bridgehead atoms. The van der Waals surface area contributed by atoms with Crippen molar-refractivity contribution in [1.82, 2.24) is 14.3 Å². The highest BCUT2D eigenvalue weighted by Gasteiger charge is 2.26. The van der Waals surface area contributed by atoms with E-state index in [2.05, 4.69) is 10.4 Å². The zero-order chi connectivity index (χ0) is 19.7. The van der Waals surface area contributed by atoms with E-state index >= 15 is 0 Å². The Morgan fingerprint density at radius 3 is 2.71 bits per heavy atom. The molecule has 0 radical (unpaired) electrons. The summed E-state index contributed by atoms with van der Waals surface area (Å²) in [6.07, 6.45) is 2.76. The summed E-state index contributed by atoms with van der Waals surface area (Å²) in [6, 6.07) is 12.3. The molecule has 144 valence electrons. The fraction of sp³-hybridized carbons (Fsp3) is 0.250. The lowest BCUT2D eigenvalue weighted by atomic mass is 10.2. The Kier molecular flexibility index (Phi) is 4.60. The van der Waals surface area contributed by atoms with Gasteiger partial charge in [0.1, 0.15) is 11.5 Å². The van der Waals surface area contributed by atoms with Gasteiger partial charge in [0, 0.05) is 32.4 Å². The van der Waals surface area contributed by atoms with Gasteiger partial charge in [0.05, 0.1) is 24.1 Å². The Morgan fingerprint density at radius 1 is 1.14 bits per heavy atom. The van der Waals surface area contributed by atoms with E-state index in [0.717, 1.165) is 30.2 Å².